The van der Waals surface area contributed by atoms with E-state index in [0.717, 1.165) is 6.92 Å². The Hall–Kier alpha value is -1.26. The molecule has 0 aliphatic heterocycles. The summed E-state index contributed by atoms with van der Waals surface area (Å²) in [6.07, 6.45) is -3.59. The molecule has 0 aromatic carbocycles. The summed E-state index contributed by atoms with van der Waals surface area (Å²) < 4.78 is 48.8. The second-order valence-electron chi connectivity index (χ2n) is 2.27. The first-order chi connectivity index (χ1) is 5.79. The normalized spacial score (nSPS) is 14.5. The number of allylic oxidation sites excluding steroid dienone is 4. The van der Waals surface area contributed by atoms with Crippen LogP contribution in [0.25, 0.3) is 0 Å². The van der Waals surface area contributed by atoms with Crippen LogP contribution in [0.4, 0.5) is 17.6 Å². The summed E-state index contributed by atoms with van der Waals surface area (Å²) in [5, 5.41) is 0. The van der Waals surface area contributed by atoms with E-state index in [1.807, 2.05) is 0 Å². The van der Waals surface area contributed by atoms with E-state index in [9.17, 15) is 17.6 Å². The first kappa shape index (κ1) is 11.7. The highest BCUT2D eigenvalue weighted by molar-refractivity contribution is 5.34. The molecule has 0 spiro atoms. The number of nitrogens with two attached hydrogens (primary N) is 1. The largest absolute Gasteiger partial charge is 0.419 e. The first-order valence-corrected chi connectivity index (χ1v) is 3.34. The molecule has 13 heavy (non-hydrogen) atoms. The summed E-state index contributed by atoms with van der Waals surface area (Å²) in [6, 6.07) is 0. The van der Waals surface area contributed by atoms with Gasteiger partial charge in [-0.15, -0.1) is 0 Å². The van der Waals surface area contributed by atoms with Crippen LogP contribution in [-0.2, 0) is 0 Å². The monoisotopic (exact) mass is 195 g/mol. The minimum absolute atomic E-state index is 0.343. The quantitative estimate of drug-likeness (QED) is 0.532. The van der Waals surface area contributed by atoms with Crippen LogP contribution < -0.4 is 5.73 Å². The Labute approximate surface area is 73.2 Å². The fourth-order valence-electron chi connectivity index (χ4n) is 0.627. The molecule has 0 fully saturated rings. The molecule has 0 amide bonds. The van der Waals surface area contributed by atoms with Gasteiger partial charge in [0, 0.05) is 5.70 Å². The minimum Gasteiger partial charge on any atom is -0.399 e. The Kier molecular flexibility index (Phi) is 3.71. The van der Waals surface area contributed by atoms with Crippen LogP contribution in [0.1, 0.15) is 6.92 Å². The Morgan fingerprint density at radius 1 is 1.38 bits per heavy atom. The molecule has 0 saturated carbocycles. The van der Waals surface area contributed by atoms with Crippen molar-refractivity contribution < 1.29 is 17.6 Å². The van der Waals surface area contributed by atoms with Crippen LogP contribution in [0.2, 0.25) is 0 Å². The summed E-state index contributed by atoms with van der Waals surface area (Å²) in [5.74, 6) is -1.36. The van der Waals surface area contributed by atoms with Gasteiger partial charge in [-0.2, -0.15) is 13.2 Å². The van der Waals surface area contributed by atoms with Crippen LogP contribution in [0.15, 0.2) is 35.8 Å². The van der Waals surface area contributed by atoms with Gasteiger partial charge in [0.25, 0.3) is 0 Å². The summed E-state index contributed by atoms with van der Waals surface area (Å²) in [7, 11) is 0. The molecule has 0 radical (unpaired) electrons. The van der Waals surface area contributed by atoms with Gasteiger partial charge >= 0.3 is 6.18 Å². The number of halogens is 4. The molecule has 0 aliphatic carbocycles. The molecule has 1 nitrogen and oxygen atoms in total. The van der Waals surface area contributed by atoms with Gasteiger partial charge in [0.1, 0.15) is 5.83 Å². The van der Waals surface area contributed by atoms with E-state index < -0.39 is 17.6 Å². The summed E-state index contributed by atoms with van der Waals surface area (Å²) in [4.78, 5) is 0. The van der Waals surface area contributed by atoms with E-state index in [4.69, 9.17) is 5.73 Å². The maximum absolute atomic E-state index is 12.6. The molecule has 2 N–H and O–H groups in total. The highest BCUT2D eigenvalue weighted by Gasteiger charge is 2.36. The Bertz CT molecular complexity index is 260. The summed E-state index contributed by atoms with van der Waals surface area (Å²) in [5.41, 5.74) is 3.16. The zero-order chi connectivity index (χ0) is 10.6. The lowest BCUT2D eigenvalue weighted by Crippen LogP contribution is -2.13. The standard InChI is InChI=1S/C8H9F4N/c1-3-7(9)6(4-5(2)13)8(10,11)12/h3-4H,2,13H2,1H3/b6-4+,7-3+. The molecule has 0 atom stereocenters. The lowest BCUT2D eigenvalue weighted by atomic mass is 10.2. The van der Waals surface area contributed by atoms with Crippen molar-refractivity contribution in [1.29, 1.82) is 0 Å². The van der Waals surface area contributed by atoms with Gasteiger partial charge in [-0.25, -0.2) is 4.39 Å². The molecular weight excluding hydrogens is 186 g/mol. The van der Waals surface area contributed by atoms with E-state index in [1.165, 1.54) is 0 Å². The van der Waals surface area contributed by atoms with E-state index in [1.54, 1.807) is 0 Å². The van der Waals surface area contributed by atoms with Gasteiger partial charge in [-0.3, -0.25) is 0 Å². The fraction of sp³-hybridized carbons (Fsp3) is 0.250. The number of hydrogen-bond acceptors (Lipinski definition) is 1. The Balaban J connectivity index is 5.12. The lowest BCUT2D eigenvalue weighted by molar-refractivity contribution is -0.0911. The van der Waals surface area contributed by atoms with Crippen LogP contribution in [-0.4, -0.2) is 6.18 Å². The number of hydrogen-bond donors (Lipinski definition) is 1. The average molecular weight is 195 g/mol. The van der Waals surface area contributed by atoms with E-state index in [0.29, 0.717) is 12.2 Å². The van der Waals surface area contributed by atoms with Gasteiger partial charge < -0.3 is 5.73 Å². The van der Waals surface area contributed by atoms with Gasteiger partial charge in [0.05, 0.1) is 5.57 Å². The smallest absolute Gasteiger partial charge is 0.399 e. The molecule has 0 aromatic rings. The SMILES string of the molecule is C=C(N)/C=C(\C(F)=C/C)C(F)(F)F. The van der Waals surface area contributed by atoms with E-state index in [2.05, 4.69) is 6.58 Å². The second kappa shape index (κ2) is 4.11. The molecule has 0 saturated heterocycles. The third-order valence-corrected chi connectivity index (χ3v) is 1.15. The highest BCUT2D eigenvalue weighted by Crippen LogP contribution is 2.32. The summed E-state index contributed by atoms with van der Waals surface area (Å²) >= 11 is 0. The van der Waals surface area contributed by atoms with Gasteiger partial charge in [0.15, 0.2) is 0 Å². The van der Waals surface area contributed by atoms with Crippen LogP contribution in [0.3, 0.4) is 0 Å². The van der Waals surface area contributed by atoms with Crippen molar-refractivity contribution in [1.82, 2.24) is 0 Å². The molecule has 0 rings (SSSR count). The summed E-state index contributed by atoms with van der Waals surface area (Å²) in [6.45, 7) is 4.19. The zero-order valence-corrected chi connectivity index (χ0v) is 6.95. The molecule has 0 unspecified atom stereocenters. The van der Waals surface area contributed by atoms with Crippen molar-refractivity contribution in [3.05, 3.63) is 35.8 Å². The molecule has 0 aliphatic rings. The first-order valence-electron chi connectivity index (χ1n) is 3.34. The van der Waals surface area contributed by atoms with Gasteiger partial charge in [-0.05, 0) is 13.0 Å². The maximum Gasteiger partial charge on any atom is 0.419 e. The molecule has 0 aromatic heterocycles. The highest BCUT2D eigenvalue weighted by atomic mass is 19.4. The zero-order valence-electron chi connectivity index (χ0n) is 6.95. The van der Waals surface area contributed by atoms with Gasteiger partial charge in [-0.1, -0.05) is 12.7 Å². The average Bonchev–Trinajstić information content (AvgIpc) is 1.96. The Morgan fingerprint density at radius 2 is 1.85 bits per heavy atom. The number of rotatable bonds is 2. The lowest BCUT2D eigenvalue weighted by Gasteiger charge is -2.09. The van der Waals surface area contributed by atoms with Crippen LogP contribution in [0, 0.1) is 0 Å². The minimum atomic E-state index is -4.75. The second-order valence-corrected chi connectivity index (χ2v) is 2.27. The molecule has 74 valence electrons. The predicted octanol–water partition coefficient (Wildman–Crippen LogP) is 2.82. The molecular formula is C8H9F4N. The van der Waals surface area contributed by atoms with E-state index >= 15 is 0 Å². The third kappa shape index (κ3) is 3.78. The van der Waals surface area contributed by atoms with Crippen LogP contribution in [0.5, 0.6) is 0 Å². The van der Waals surface area contributed by atoms with Crippen molar-refractivity contribution in [3.8, 4) is 0 Å². The van der Waals surface area contributed by atoms with Gasteiger partial charge in [0.2, 0.25) is 0 Å². The molecule has 0 bridgehead atoms. The topological polar surface area (TPSA) is 26.0 Å². The Morgan fingerprint density at radius 3 is 2.08 bits per heavy atom. The molecule has 5 heteroatoms. The fourth-order valence-corrected chi connectivity index (χ4v) is 0.627. The van der Waals surface area contributed by atoms with Crippen molar-refractivity contribution in [2.45, 2.75) is 13.1 Å². The van der Waals surface area contributed by atoms with Crippen molar-refractivity contribution >= 4 is 0 Å². The van der Waals surface area contributed by atoms with Crippen molar-refractivity contribution in [2.24, 2.45) is 5.73 Å². The van der Waals surface area contributed by atoms with Crippen molar-refractivity contribution in [3.63, 3.8) is 0 Å². The van der Waals surface area contributed by atoms with E-state index in [-0.39, 0.29) is 5.70 Å². The predicted molar refractivity (Wildman–Crippen MR) is 42.3 cm³/mol. The molecule has 0 heterocycles. The van der Waals surface area contributed by atoms with Crippen LogP contribution >= 0.6 is 0 Å². The third-order valence-electron chi connectivity index (χ3n) is 1.15. The van der Waals surface area contributed by atoms with Crippen molar-refractivity contribution in [2.75, 3.05) is 0 Å². The number of alkyl halides is 3. The maximum atomic E-state index is 12.6.